The van der Waals surface area contributed by atoms with Gasteiger partial charge < -0.3 is 0 Å². The highest BCUT2D eigenvalue weighted by Crippen LogP contribution is 2.23. The molecule has 0 N–H and O–H groups in total. The van der Waals surface area contributed by atoms with Crippen molar-refractivity contribution in [1.82, 2.24) is 9.36 Å². The molecule has 3 nitrogen and oxygen atoms in total. The van der Waals surface area contributed by atoms with Gasteiger partial charge in [0.25, 0.3) is 0 Å². The smallest absolute Gasteiger partial charge is 0.171 e. The fourth-order valence-corrected chi connectivity index (χ4v) is 2.18. The van der Waals surface area contributed by atoms with Gasteiger partial charge in [0.2, 0.25) is 0 Å². The molecule has 1 aromatic heterocycles. The van der Waals surface area contributed by atoms with Gasteiger partial charge in [0.05, 0.1) is 11.3 Å². The van der Waals surface area contributed by atoms with Crippen LogP contribution in [0, 0.1) is 18.3 Å². The zero-order chi connectivity index (χ0) is 8.27. The van der Waals surface area contributed by atoms with E-state index in [9.17, 15) is 0 Å². The van der Waals surface area contributed by atoms with Crippen LogP contribution in [0.5, 0.6) is 0 Å². The highest BCUT2D eigenvalue weighted by Gasteiger charge is 2.05. The molecule has 11 heavy (non-hydrogen) atoms. The second-order valence-corrected chi connectivity index (χ2v) is 4.34. The minimum absolute atomic E-state index is 0.0395. The van der Waals surface area contributed by atoms with E-state index in [2.05, 4.69) is 15.4 Å². The van der Waals surface area contributed by atoms with Crippen molar-refractivity contribution < 1.29 is 0 Å². The molecule has 0 aliphatic rings. The number of aryl methyl sites for hydroxylation is 1. The highest BCUT2D eigenvalue weighted by atomic mass is 32.2. The molecule has 0 saturated heterocycles. The Hall–Kier alpha value is -0.600. The molecule has 5 heteroatoms. The SMILES string of the molecule is Cc1nsc(SC(C)C#N)n1. The minimum Gasteiger partial charge on any atom is -0.213 e. The van der Waals surface area contributed by atoms with Crippen LogP contribution in [0.1, 0.15) is 12.7 Å². The van der Waals surface area contributed by atoms with Crippen molar-refractivity contribution in [3.05, 3.63) is 5.82 Å². The summed E-state index contributed by atoms with van der Waals surface area (Å²) in [6, 6.07) is 2.12. The Morgan fingerprint density at radius 3 is 2.91 bits per heavy atom. The van der Waals surface area contributed by atoms with E-state index >= 15 is 0 Å². The van der Waals surface area contributed by atoms with E-state index < -0.39 is 0 Å². The fourth-order valence-electron chi connectivity index (χ4n) is 0.503. The van der Waals surface area contributed by atoms with Crippen LogP contribution in [0.25, 0.3) is 0 Å². The molecule has 0 radical (unpaired) electrons. The Kier molecular flexibility index (Phi) is 2.85. The van der Waals surface area contributed by atoms with Gasteiger partial charge in [-0.3, -0.25) is 0 Å². The number of nitrogens with zero attached hydrogens (tertiary/aromatic N) is 3. The summed E-state index contributed by atoms with van der Waals surface area (Å²) >= 11 is 2.79. The Morgan fingerprint density at radius 2 is 2.45 bits per heavy atom. The quantitative estimate of drug-likeness (QED) is 0.660. The van der Waals surface area contributed by atoms with Crippen molar-refractivity contribution in [2.45, 2.75) is 23.4 Å². The Labute approximate surface area is 73.6 Å². The first-order valence-electron chi connectivity index (χ1n) is 3.09. The monoisotopic (exact) mass is 185 g/mol. The lowest BCUT2D eigenvalue weighted by Crippen LogP contribution is -1.88. The van der Waals surface area contributed by atoms with Crippen molar-refractivity contribution in [3.63, 3.8) is 0 Å². The molecule has 1 atom stereocenters. The number of rotatable bonds is 2. The third kappa shape index (κ3) is 2.48. The first kappa shape index (κ1) is 8.50. The normalized spacial score (nSPS) is 12.5. The number of nitriles is 1. The topological polar surface area (TPSA) is 49.6 Å². The van der Waals surface area contributed by atoms with E-state index in [4.69, 9.17) is 5.26 Å². The zero-order valence-corrected chi connectivity index (χ0v) is 7.87. The van der Waals surface area contributed by atoms with Gasteiger partial charge in [0.15, 0.2) is 4.34 Å². The molecule has 0 aromatic carbocycles. The first-order valence-corrected chi connectivity index (χ1v) is 4.74. The van der Waals surface area contributed by atoms with Gasteiger partial charge in [-0.15, -0.1) is 0 Å². The van der Waals surface area contributed by atoms with Crippen molar-refractivity contribution >= 4 is 23.3 Å². The summed E-state index contributed by atoms with van der Waals surface area (Å²) in [6.45, 7) is 3.69. The molecule has 1 heterocycles. The first-order chi connectivity index (χ1) is 5.22. The van der Waals surface area contributed by atoms with Gasteiger partial charge in [0, 0.05) is 0 Å². The van der Waals surface area contributed by atoms with E-state index in [1.54, 1.807) is 0 Å². The molecule has 0 spiro atoms. The summed E-state index contributed by atoms with van der Waals surface area (Å²) in [5, 5.41) is 8.45. The Balaban J connectivity index is 2.59. The van der Waals surface area contributed by atoms with E-state index in [0.29, 0.717) is 0 Å². The van der Waals surface area contributed by atoms with Crippen LogP contribution in [-0.2, 0) is 0 Å². The highest BCUT2D eigenvalue weighted by molar-refractivity contribution is 8.01. The maximum atomic E-state index is 8.49. The van der Waals surface area contributed by atoms with Crippen LogP contribution in [0.3, 0.4) is 0 Å². The molecule has 1 unspecified atom stereocenters. The van der Waals surface area contributed by atoms with Crippen LogP contribution < -0.4 is 0 Å². The van der Waals surface area contributed by atoms with E-state index in [1.165, 1.54) is 23.3 Å². The number of thioether (sulfide) groups is 1. The Morgan fingerprint density at radius 1 is 1.73 bits per heavy atom. The largest absolute Gasteiger partial charge is 0.213 e. The van der Waals surface area contributed by atoms with Gasteiger partial charge in [-0.25, -0.2) is 4.98 Å². The summed E-state index contributed by atoms with van der Waals surface area (Å²) in [6.07, 6.45) is 0. The van der Waals surface area contributed by atoms with E-state index in [-0.39, 0.29) is 5.25 Å². The molecular weight excluding hydrogens is 178 g/mol. The van der Waals surface area contributed by atoms with Gasteiger partial charge in [-0.2, -0.15) is 9.64 Å². The predicted molar refractivity (Wildman–Crippen MR) is 45.6 cm³/mol. The third-order valence-corrected chi connectivity index (χ3v) is 2.84. The summed E-state index contributed by atoms with van der Waals surface area (Å²) in [5.41, 5.74) is 0. The number of hydrogen-bond acceptors (Lipinski definition) is 5. The number of aromatic nitrogens is 2. The molecule has 0 aliphatic carbocycles. The predicted octanol–water partition coefficient (Wildman–Crippen LogP) is 1.85. The lowest BCUT2D eigenvalue weighted by Gasteiger charge is -1.93. The van der Waals surface area contributed by atoms with Gasteiger partial charge in [-0.1, -0.05) is 11.8 Å². The lowest BCUT2D eigenvalue weighted by molar-refractivity contribution is 1.09. The second-order valence-electron chi connectivity index (χ2n) is 2.00. The van der Waals surface area contributed by atoms with Crippen molar-refractivity contribution in [2.75, 3.05) is 0 Å². The van der Waals surface area contributed by atoms with Crippen molar-refractivity contribution in [1.29, 1.82) is 5.26 Å². The molecular formula is C6H7N3S2. The number of hydrogen-bond donors (Lipinski definition) is 0. The average Bonchev–Trinajstić information content (AvgIpc) is 2.35. The molecule has 0 aliphatic heterocycles. The van der Waals surface area contributed by atoms with E-state index in [0.717, 1.165) is 10.2 Å². The van der Waals surface area contributed by atoms with Crippen LogP contribution in [0.15, 0.2) is 4.34 Å². The average molecular weight is 185 g/mol. The lowest BCUT2D eigenvalue weighted by atomic mass is 10.5. The van der Waals surface area contributed by atoms with Crippen LogP contribution in [-0.4, -0.2) is 14.6 Å². The molecule has 0 saturated carbocycles. The van der Waals surface area contributed by atoms with Gasteiger partial charge in [-0.05, 0) is 25.4 Å². The minimum atomic E-state index is -0.0395. The summed E-state index contributed by atoms with van der Waals surface area (Å²) < 4.78 is 4.88. The standard InChI is InChI=1S/C6H7N3S2/c1-4(3-7)10-6-8-5(2)9-11-6/h4H,1-2H3. The molecule has 1 aromatic rings. The van der Waals surface area contributed by atoms with E-state index in [1.807, 2.05) is 13.8 Å². The molecule has 0 bridgehead atoms. The molecule has 0 fully saturated rings. The maximum Gasteiger partial charge on any atom is 0.171 e. The zero-order valence-electron chi connectivity index (χ0n) is 6.24. The molecule has 58 valence electrons. The fraction of sp³-hybridized carbons (Fsp3) is 0.500. The summed E-state index contributed by atoms with van der Waals surface area (Å²) in [5.74, 6) is 0.780. The van der Waals surface area contributed by atoms with Crippen molar-refractivity contribution in [3.8, 4) is 6.07 Å². The molecule has 0 amide bonds. The summed E-state index contributed by atoms with van der Waals surface area (Å²) in [4.78, 5) is 4.12. The van der Waals surface area contributed by atoms with Crippen LogP contribution in [0.4, 0.5) is 0 Å². The molecule has 1 rings (SSSR count). The summed E-state index contributed by atoms with van der Waals surface area (Å²) in [7, 11) is 0. The van der Waals surface area contributed by atoms with Crippen LogP contribution in [0.2, 0.25) is 0 Å². The van der Waals surface area contributed by atoms with Crippen LogP contribution >= 0.6 is 23.3 Å². The third-order valence-electron chi connectivity index (χ3n) is 0.968. The van der Waals surface area contributed by atoms with Crippen molar-refractivity contribution in [2.24, 2.45) is 0 Å². The maximum absolute atomic E-state index is 8.49. The van der Waals surface area contributed by atoms with Gasteiger partial charge in [0.1, 0.15) is 5.82 Å². The second kappa shape index (κ2) is 3.69. The van der Waals surface area contributed by atoms with Gasteiger partial charge >= 0.3 is 0 Å². The Bertz CT molecular complexity index is 276.